The van der Waals surface area contributed by atoms with Crippen molar-refractivity contribution in [1.29, 1.82) is 0 Å². The maximum absolute atomic E-state index is 12.5. The summed E-state index contributed by atoms with van der Waals surface area (Å²) in [5.74, 6) is -1.77. The summed E-state index contributed by atoms with van der Waals surface area (Å²) in [6.07, 6.45) is -2.32. The van der Waals surface area contributed by atoms with Crippen LogP contribution in [0.25, 0.3) is 0 Å². The van der Waals surface area contributed by atoms with Gasteiger partial charge >= 0.3 is 6.18 Å². The molecule has 1 aliphatic carbocycles. The first-order valence-electron chi connectivity index (χ1n) is 6.22. The maximum Gasteiger partial charge on any atom is 0.391 e. The summed E-state index contributed by atoms with van der Waals surface area (Å²) in [6.45, 7) is 0. The van der Waals surface area contributed by atoms with Crippen molar-refractivity contribution in [3.8, 4) is 0 Å². The molecule has 4 nitrogen and oxygen atoms in total. The first kappa shape index (κ1) is 15.0. The molecular formula is C12H13ClF3N3O. The van der Waals surface area contributed by atoms with Crippen molar-refractivity contribution in [2.75, 3.05) is 5.32 Å². The van der Waals surface area contributed by atoms with Crippen LogP contribution >= 0.6 is 11.6 Å². The lowest BCUT2D eigenvalue weighted by atomic mass is 9.81. The third-order valence-corrected chi connectivity index (χ3v) is 3.62. The molecule has 0 bridgehead atoms. The summed E-state index contributed by atoms with van der Waals surface area (Å²) in [7, 11) is 0. The van der Waals surface area contributed by atoms with Gasteiger partial charge in [-0.1, -0.05) is 0 Å². The van der Waals surface area contributed by atoms with E-state index in [-0.39, 0.29) is 42.7 Å². The van der Waals surface area contributed by atoms with E-state index in [1.165, 1.54) is 12.3 Å². The Morgan fingerprint density at radius 2 is 1.95 bits per heavy atom. The van der Waals surface area contributed by atoms with Crippen LogP contribution in [0.3, 0.4) is 0 Å². The fraction of sp³-hybridized carbons (Fsp3) is 0.583. The van der Waals surface area contributed by atoms with Crippen LogP contribution in [0.2, 0.25) is 5.28 Å². The molecule has 1 fully saturated rings. The second-order valence-electron chi connectivity index (χ2n) is 4.79. The predicted molar refractivity (Wildman–Crippen MR) is 67.2 cm³/mol. The normalized spacial score (nSPS) is 23.4. The van der Waals surface area contributed by atoms with Gasteiger partial charge in [0.25, 0.3) is 0 Å². The van der Waals surface area contributed by atoms with Gasteiger partial charge in [-0.2, -0.15) is 13.2 Å². The fourth-order valence-electron chi connectivity index (χ4n) is 2.32. The van der Waals surface area contributed by atoms with Crippen LogP contribution in [0.5, 0.6) is 0 Å². The van der Waals surface area contributed by atoms with Crippen molar-refractivity contribution < 1.29 is 18.0 Å². The molecule has 0 radical (unpaired) electrons. The number of carbonyl (C=O) groups is 1. The molecule has 0 aromatic carbocycles. The average molecular weight is 308 g/mol. The maximum atomic E-state index is 12.5. The SMILES string of the molecule is O=C(Nc1ccnc(Cl)n1)C1CCC(C(F)(F)F)CC1. The number of alkyl halides is 3. The monoisotopic (exact) mass is 307 g/mol. The summed E-state index contributed by atoms with van der Waals surface area (Å²) in [5.41, 5.74) is 0. The zero-order valence-electron chi connectivity index (χ0n) is 10.5. The molecule has 1 saturated carbocycles. The van der Waals surface area contributed by atoms with E-state index in [9.17, 15) is 18.0 Å². The third-order valence-electron chi connectivity index (χ3n) is 3.44. The zero-order chi connectivity index (χ0) is 14.8. The van der Waals surface area contributed by atoms with Gasteiger partial charge in [-0.05, 0) is 43.4 Å². The predicted octanol–water partition coefficient (Wildman–Crippen LogP) is 3.44. The highest BCUT2D eigenvalue weighted by Crippen LogP contribution is 2.39. The van der Waals surface area contributed by atoms with Gasteiger partial charge in [0, 0.05) is 12.1 Å². The van der Waals surface area contributed by atoms with E-state index in [2.05, 4.69) is 15.3 Å². The van der Waals surface area contributed by atoms with Crippen LogP contribution in [0.1, 0.15) is 25.7 Å². The Balaban J connectivity index is 1.89. The molecule has 20 heavy (non-hydrogen) atoms. The Hall–Kier alpha value is -1.37. The Labute approximate surface area is 118 Å². The lowest BCUT2D eigenvalue weighted by Crippen LogP contribution is -2.32. The second kappa shape index (κ2) is 5.95. The first-order valence-corrected chi connectivity index (χ1v) is 6.60. The molecule has 0 saturated heterocycles. The number of rotatable bonds is 2. The molecule has 1 aromatic heterocycles. The van der Waals surface area contributed by atoms with E-state index in [0.717, 1.165) is 0 Å². The standard InChI is InChI=1S/C12H13ClF3N3O/c13-11-17-6-5-9(19-11)18-10(20)7-1-3-8(4-2-7)12(14,15)16/h5-8H,1-4H2,(H,17,18,19,20). The van der Waals surface area contributed by atoms with E-state index in [0.29, 0.717) is 0 Å². The molecule has 0 unspecified atom stereocenters. The topological polar surface area (TPSA) is 54.9 Å². The van der Waals surface area contributed by atoms with E-state index in [4.69, 9.17) is 11.6 Å². The van der Waals surface area contributed by atoms with E-state index in [1.54, 1.807) is 0 Å². The van der Waals surface area contributed by atoms with Gasteiger partial charge in [-0.25, -0.2) is 9.97 Å². The molecule has 110 valence electrons. The van der Waals surface area contributed by atoms with Crippen molar-refractivity contribution in [2.24, 2.45) is 11.8 Å². The van der Waals surface area contributed by atoms with E-state index >= 15 is 0 Å². The zero-order valence-corrected chi connectivity index (χ0v) is 11.2. The minimum absolute atomic E-state index is 0.00331. The molecule has 0 aliphatic heterocycles. The number of hydrogen-bond acceptors (Lipinski definition) is 3. The molecular weight excluding hydrogens is 295 g/mol. The molecule has 1 N–H and O–H groups in total. The quantitative estimate of drug-likeness (QED) is 0.852. The first-order chi connectivity index (χ1) is 9.36. The minimum atomic E-state index is -4.17. The Bertz CT molecular complexity index is 487. The van der Waals surface area contributed by atoms with Crippen molar-refractivity contribution >= 4 is 23.3 Å². The van der Waals surface area contributed by atoms with Gasteiger partial charge in [-0.3, -0.25) is 4.79 Å². The molecule has 8 heteroatoms. The van der Waals surface area contributed by atoms with Crippen molar-refractivity contribution in [3.63, 3.8) is 0 Å². The fourth-order valence-corrected chi connectivity index (χ4v) is 2.46. The largest absolute Gasteiger partial charge is 0.391 e. The number of carbonyl (C=O) groups excluding carboxylic acids is 1. The number of anilines is 1. The molecule has 0 atom stereocenters. The molecule has 1 aliphatic rings. The number of amides is 1. The Kier molecular flexibility index (Phi) is 4.47. The Morgan fingerprint density at radius 1 is 1.30 bits per heavy atom. The van der Waals surface area contributed by atoms with Crippen LogP contribution in [-0.2, 0) is 4.79 Å². The lowest BCUT2D eigenvalue weighted by Gasteiger charge is -2.28. The van der Waals surface area contributed by atoms with Crippen molar-refractivity contribution in [1.82, 2.24) is 9.97 Å². The van der Waals surface area contributed by atoms with Gasteiger partial charge < -0.3 is 5.32 Å². The minimum Gasteiger partial charge on any atom is -0.310 e. The second-order valence-corrected chi connectivity index (χ2v) is 5.13. The summed E-state index contributed by atoms with van der Waals surface area (Å²) in [5, 5.41) is 2.55. The highest BCUT2D eigenvalue weighted by atomic mass is 35.5. The molecule has 1 aromatic rings. The summed E-state index contributed by atoms with van der Waals surface area (Å²) in [6, 6.07) is 1.48. The van der Waals surface area contributed by atoms with Gasteiger partial charge in [0.2, 0.25) is 11.2 Å². The van der Waals surface area contributed by atoms with Crippen LogP contribution in [-0.4, -0.2) is 22.1 Å². The van der Waals surface area contributed by atoms with E-state index in [1.807, 2.05) is 0 Å². The highest BCUT2D eigenvalue weighted by Gasteiger charge is 2.42. The molecule has 1 amide bonds. The van der Waals surface area contributed by atoms with E-state index < -0.39 is 18.0 Å². The van der Waals surface area contributed by atoms with Crippen molar-refractivity contribution in [3.05, 3.63) is 17.5 Å². The highest BCUT2D eigenvalue weighted by molar-refractivity contribution is 6.28. The summed E-state index contributed by atoms with van der Waals surface area (Å²) >= 11 is 5.58. The average Bonchev–Trinajstić information content (AvgIpc) is 2.38. The molecule has 0 spiro atoms. The van der Waals surface area contributed by atoms with Gasteiger partial charge in [0.1, 0.15) is 5.82 Å². The van der Waals surface area contributed by atoms with Gasteiger partial charge in [0.15, 0.2) is 0 Å². The summed E-state index contributed by atoms with van der Waals surface area (Å²) < 4.78 is 37.6. The van der Waals surface area contributed by atoms with Crippen molar-refractivity contribution in [2.45, 2.75) is 31.9 Å². The van der Waals surface area contributed by atoms with Crippen LogP contribution < -0.4 is 5.32 Å². The lowest BCUT2D eigenvalue weighted by molar-refractivity contribution is -0.184. The Morgan fingerprint density at radius 3 is 2.50 bits per heavy atom. The van der Waals surface area contributed by atoms with Crippen LogP contribution in [0, 0.1) is 11.8 Å². The van der Waals surface area contributed by atoms with Gasteiger partial charge in [-0.15, -0.1) is 0 Å². The van der Waals surface area contributed by atoms with Crippen LogP contribution in [0.4, 0.5) is 19.0 Å². The summed E-state index contributed by atoms with van der Waals surface area (Å²) in [4.78, 5) is 19.4. The smallest absolute Gasteiger partial charge is 0.310 e. The number of nitrogens with zero attached hydrogens (tertiary/aromatic N) is 2. The number of halogens is 4. The third kappa shape index (κ3) is 3.82. The molecule has 2 rings (SSSR count). The van der Waals surface area contributed by atoms with Gasteiger partial charge in [0.05, 0.1) is 5.92 Å². The number of aromatic nitrogens is 2. The van der Waals surface area contributed by atoms with Crippen LogP contribution in [0.15, 0.2) is 12.3 Å². The molecule has 1 heterocycles. The number of nitrogens with one attached hydrogen (secondary N) is 1. The number of hydrogen-bond donors (Lipinski definition) is 1.